The van der Waals surface area contributed by atoms with Gasteiger partial charge in [0.25, 0.3) is 0 Å². The zero-order chi connectivity index (χ0) is 9.78. The number of hydrogen-bond acceptors (Lipinski definition) is 3. The minimum Gasteiger partial charge on any atom is -0.480 e. The normalized spacial score (nSPS) is 14.2. The highest BCUT2D eigenvalue weighted by Crippen LogP contribution is 2.09. The SMILES string of the molecule is CCCC(C(=O)O)S(=O)(=O)CC. The van der Waals surface area contributed by atoms with E-state index in [2.05, 4.69) is 0 Å². The Labute approximate surface area is 72.5 Å². The van der Waals surface area contributed by atoms with Crippen molar-refractivity contribution in [2.45, 2.75) is 31.9 Å². The summed E-state index contributed by atoms with van der Waals surface area (Å²) >= 11 is 0. The van der Waals surface area contributed by atoms with Crippen LogP contribution in [0.4, 0.5) is 0 Å². The third-order valence-corrected chi connectivity index (χ3v) is 3.77. The van der Waals surface area contributed by atoms with Gasteiger partial charge >= 0.3 is 5.97 Å². The highest BCUT2D eigenvalue weighted by atomic mass is 32.2. The van der Waals surface area contributed by atoms with Gasteiger partial charge in [-0.1, -0.05) is 20.3 Å². The van der Waals surface area contributed by atoms with Gasteiger partial charge in [-0.2, -0.15) is 0 Å². The lowest BCUT2D eigenvalue weighted by Gasteiger charge is -2.09. The molecule has 0 aliphatic carbocycles. The summed E-state index contributed by atoms with van der Waals surface area (Å²) < 4.78 is 22.3. The van der Waals surface area contributed by atoms with E-state index in [-0.39, 0.29) is 12.2 Å². The maximum absolute atomic E-state index is 11.2. The van der Waals surface area contributed by atoms with Crippen molar-refractivity contribution in [3.05, 3.63) is 0 Å². The maximum atomic E-state index is 11.2. The molecule has 1 N–H and O–H groups in total. The zero-order valence-electron chi connectivity index (χ0n) is 7.28. The lowest BCUT2D eigenvalue weighted by atomic mass is 10.2. The molecule has 0 aromatic carbocycles. The monoisotopic (exact) mass is 194 g/mol. The minimum atomic E-state index is -3.42. The fourth-order valence-electron chi connectivity index (χ4n) is 0.920. The standard InChI is InChI=1S/C7H14O4S/c1-3-5-6(7(8)9)12(10,11)4-2/h6H,3-5H2,1-2H3,(H,8,9). The second-order valence-electron chi connectivity index (χ2n) is 2.57. The molecule has 0 aromatic rings. The third kappa shape index (κ3) is 2.81. The summed E-state index contributed by atoms with van der Waals surface area (Å²) in [6.07, 6.45) is 0.766. The molecule has 5 heteroatoms. The molecule has 0 bridgehead atoms. The zero-order valence-corrected chi connectivity index (χ0v) is 8.10. The van der Waals surface area contributed by atoms with Crippen molar-refractivity contribution in [3.63, 3.8) is 0 Å². The summed E-state index contributed by atoms with van der Waals surface area (Å²) in [4.78, 5) is 10.5. The lowest BCUT2D eigenvalue weighted by molar-refractivity contribution is -0.136. The first-order valence-corrected chi connectivity index (χ1v) is 5.61. The van der Waals surface area contributed by atoms with Crippen molar-refractivity contribution in [1.29, 1.82) is 0 Å². The van der Waals surface area contributed by atoms with E-state index in [0.29, 0.717) is 6.42 Å². The quantitative estimate of drug-likeness (QED) is 0.698. The molecule has 1 atom stereocenters. The molecule has 12 heavy (non-hydrogen) atoms. The van der Waals surface area contributed by atoms with E-state index < -0.39 is 21.1 Å². The van der Waals surface area contributed by atoms with E-state index >= 15 is 0 Å². The van der Waals surface area contributed by atoms with Crippen LogP contribution < -0.4 is 0 Å². The van der Waals surface area contributed by atoms with Gasteiger partial charge in [-0.3, -0.25) is 4.79 Å². The van der Waals surface area contributed by atoms with E-state index in [1.165, 1.54) is 6.92 Å². The lowest BCUT2D eigenvalue weighted by Crippen LogP contribution is -2.31. The van der Waals surface area contributed by atoms with Gasteiger partial charge in [0.15, 0.2) is 15.1 Å². The molecule has 4 nitrogen and oxygen atoms in total. The Kier molecular flexibility index (Phi) is 4.23. The second-order valence-corrected chi connectivity index (χ2v) is 5.04. The molecule has 0 aromatic heterocycles. The summed E-state index contributed by atoms with van der Waals surface area (Å²) in [6, 6.07) is 0. The molecule has 0 rings (SSSR count). The Morgan fingerprint density at radius 2 is 1.92 bits per heavy atom. The number of carbonyl (C=O) groups is 1. The number of hydrogen-bond donors (Lipinski definition) is 1. The number of sulfone groups is 1. The predicted octanol–water partition coefficient (Wildman–Crippen LogP) is 0.674. The van der Waals surface area contributed by atoms with E-state index in [4.69, 9.17) is 5.11 Å². The summed E-state index contributed by atoms with van der Waals surface area (Å²) in [5.41, 5.74) is 0. The van der Waals surface area contributed by atoms with Crippen molar-refractivity contribution in [2.24, 2.45) is 0 Å². The van der Waals surface area contributed by atoms with Gasteiger partial charge in [0, 0.05) is 5.75 Å². The van der Waals surface area contributed by atoms with Crippen LogP contribution in [0.1, 0.15) is 26.7 Å². The first-order chi connectivity index (χ1) is 5.45. The van der Waals surface area contributed by atoms with Gasteiger partial charge in [0.2, 0.25) is 0 Å². The molecule has 0 aliphatic heterocycles. The van der Waals surface area contributed by atoms with Gasteiger partial charge in [-0.05, 0) is 6.42 Å². The number of carboxylic acid groups (broad SMARTS) is 1. The Morgan fingerprint density at radius 1 is 1.42 bits per heavy atom. The van der Waals surface area contributed by atoms with Gasteiger partial charge in [0.05, 0.1) is 0 Å². The summed E-state index contributed by atoms with van der Waals surface area (Å²) in [5.74, 6) is -1.34. The third-order valence-electron chi connectivity index (χ3n) is 1.66. The van der Waals surface area contributed by atoms with Crippen LogP contribution in [-0.2, 0) is 14.6 Å². The number of aliphatic carboxylic acids is 1. The Hall–Kier alpha value is -0.580. The summed E-state index contributed by atoms with van der Waals surface area (Å²) in [7, 11) is -3.42. The van der Waals surface area contributed by atoms with Crippen LogP contribution in [0.2, 0.25) is 0 Å². The minimum absolute atomic E-state index is 0.107. The van der Waals surface area contributed by atoms with Crippen LogP contribution in [0.15, 0.2) is 0 Å². The molecule has 0 saturated carbocycles. The second kappa shape index (κ2) is 4.45. The van der Waals surface area contributed by atoms with Crippen LogP contribution in [0.25, 0.3) is 0 Å². The molecule has 1 unspecified atom stereocenters. The highest BCUT2D eigenvalue weighted by molar-refractivity contribution is 7.92. The van der Waals surface area contributed by atoms with E-state index in [1.54, 1.807) is 6.92 Å². The van der Waals surface area contributed by atoms with Crippen LogP contribution in [0, 0.1) is 0 Å². The van der Waals surface area contributed by atoms with Crippen molar-refractivity contribution in [3.8, 4) is 0 Å². The Bertz CT molecular complexity index is 242. The molecule has 0 heterocycles. The topological polar surface area (TPSA) is 71.4 Å². The first kappa shape index (κ1) is 11.4. The molecule has 0 saturated heterocycles. The van der Waals surface area contributed by atoms with E-state index in [1.807, 2.05) is 0 Å². The van der Waals surface area contributed by atoms with Crippen LogP contribution >= 0.6 is 0 Å². The predicted molar refractivity (Wildman–Crippen MR) is 45.8 cm³/mol. The Balaban J connectivity index is 4.63. The maximum Gasteiger partial charge on any atom is 0.321 e. The summed E-state index contributed by atoms with van der Waals surface area (Å²) in [6.45, 7) is 3.22. The van der Waals surface area contributed by atoms with Gasteiger partial charge < -0.3 is 5.11 Å². The molecule has 0 radical (unpaired) electrons. The van der Waals surface area contributed by atoms with Crippen molar-refractivity contribution < 1.29 is 18.3 Å². The van der Waals surface area contributed by atoms with Crippen LogP contribution in [-0.4, -0.2) is 30.5 Å². The number of rotatable bonds is 5. The van der Waals surface area contributed by atoms with Crippen molar-refractivity contribution in [1.82, 2.24) is 0 Å². The fourth-order valence-corrected chi connectivity index (χ4v) is 2.22. The molecular formula is C7H14O4S. The Morgan fingerprint density at radius 3 is 2.17 bits per heavy atom. The average Bonchev–Trinajstić information content (AvgIpc) is 1.99. The van der Waals surface area contributed by atoms with Crippen LogP contribution in [0.5, 0.6) is 0 Å². The highest BCUT2D eigenvalue weighted by Gasteiger charge is 2.29. The molecule has 0 spiro atoms. The molecule has 72 valence electrons. The van der Waals surface area contributed by atoms with Gasteiger partial charge in [0.1, 0.15) is 0 Å². The van der Waals surface area contributed by atoms with Crippen LogP contribution in [0.3, 0.4) is 0 Å². The van der Waals surface area contributed by atoms with E-state index in [9.17, 15) is 13.2 Å². The van der Waals surface area contributed by atoms with Gasteiger partial charge in [-0.25, -0.2) is 8.42 Å². The molecular weight excluding hydrogens is 180 g/mol. The summed E-state index contributed by atoms with van der Waals surface area (Å²) in [5, 5.41) is 7.38. The van der Waals surface area contributed by atoms with E-state index in [0.717, 1.165) is 0 Å². The average molecular weight is 194 g/mol. The first-order valence-electron chi connectivity index (χ1n) is 3.90. The molecule has 0 aliphatic rings. The fraction of sp³-hybridized carbons (Fsp3) is 0.857. The molecule has 0 amide bonds. The van der Waals surface area contributed by atoms with Gasteiger partial charge in [-0.15, -0.1) is 0 Å². The number of carboxylic acids is 1. The molecule has 0 fully saturated rings. The van der Waals surface area contributed by atoms with Crippen molar-refractivity contribution >= 4 is 15.8 Å². The smallest absolute Gasteiger partial charge is 0.321 e. The largest absolute Gasteiger partial charge is 0.480 e. The van der Waals surface area contributed by atoms with Crippen molar-refractivity contribution in [2.75, 3.05) is 5.75 Å².